The molecule has 0 aliphatic rings. The van der Waals surface area contributed by atoms with Crippen LogP contribution in [0.3, 0.4) is 0 Å². The Balaban J connectivity index is 3.33. The average molecular weight is 222 g/mol. The van der Waals surface area contributed by atoms with Crippen molar-refractivity contribution in [1.82, 2.24) is 0 Å². The van der Waals surface area contributed by atoms with Crippen molar-refractivity contribution in [3.63, 3.8) is 0 Å². The number of hydrogen-bond donors (Lipinski definition) is 0. The molecule has 1 nitrogen and oxygen atoms in total. The van der Waals surface area contributed by atoms with Crippen LogP contribution in [0.25, 0.3) is 6.08 Å². The van der Waals surface area contributed by atoms with Crippen LogP contribution in [-0.2, 0) is 6.42 Å². The smallest absolute Gasteiger partial charge is 0.129 e. The minimum atomic E-state index is 0.539. The fourth-order valence-electron chi connectivity index (χ4n) is 1.76. The SMILES string of the molecule is C=Cc1cc(C(C)C)c(CC)cc1OP. The Morgan fingerprint density at radius 2 is 2.13 bits per heavy atom. The lowest BCUT2D eigenvalue weighted by Gasteiger charge is -2.15. The Morgan fingerprint density at radius 3 is 2.53 bits per heavy atom. The van der Waals surface area contributed by atoms with Gasteiger partial charge in [0.05, 0.1) is 9.47 Å². The molecule has 0 saturated heterocycles. The maximum atomic E-state index is 5.26. The van der Waals surface area contributed by atoms with Crippen LogP contribution in [0.2, 0.25) is 0 Å². The maximum Gasteiger partial charge on any atom is 0.129 e. The fraction of sp³-hybridized carbons (Fsp3) is 0.385. The molecule has 0 heterocycles. The van der Waals surface area contributed by atoms with Crippen molar-refractivity contribution in [3.05, 3.63) is 35.4 Å². The third-order valence-electron chi connectivity index (χ3n) is 2.62. The van der Waals surface area contributed by atoms with Crippen LogP contribution >= 0.6 is 9.47 Å². The van der Waals surface area contributed by atoms with Crippen molar-refractivity contribution >= 4 is 15.5 Å². The van der Waals surface area contributed by atoms with Crippen molar-refractivity contribution in [2.75, 3.05) is 0 Å². The van der Waals surface area contributed by atoms with Gasteiger partial charge in [-0.3, -0.25) is 0 Å². The summed E-state index contributed by atoms with van der Waals surface area (Å²) < 4.78 is 5.26. The zero-order valence-electron chi connectivity index (χ0n) is 9.71. The molecule has 0 aliphatic carbocycles. The van der Waals surface area contributed by atoms with E-state index in [0.29, 0.717) is 5.92 Å². The first-order valence-electron chi connectivity index (χ1n) is 5.30. The predicted molar refractivity (Wildman–Crippen MR) is 70.3 cm³/mol. The highest BCUT2D eigenvalue weighted by Crippen LogP contribution is 2.30. The molecule has 0 aromatic heterocycles. The van der Waals surface area contributed by atoms with Gasteiger partial charge in [0.1, 0.15) is 5.75 Å². The Morgan fingerprint density at radius 1 is 1.47 bits per heavy atom. The highest BCUT2D eigenvalue weighted by atomic mass is 31.0. The lowest BCUT2D eigenvalue weighted by atomic mass is 9.93. The highest BCUT2D eigenvalue weighted by Gasteiger charge is 2.10. The van der Waals surface area contributed by atoms with Gasteiger partial charge in [-0.25, -0.2) is 0 Å². The van der Waals surface area contributed by atoms with Crippen LogP contribution in [0.5, 0.6) is 5.75 Å². The van der Waals surface area contributed by atoms with Crippen LogP contribution in [-0.4, -0.2) is 0 Å². The molecule has 0 fully saturated rings. The van der Waals surface area contributed by atoms with Gasteiger partial charge in [-0.15, -0.1) is 0 Å². The summed E-state index contributed by atoms with van der Waals surface area (Å²) in [6, 6.07) is 4.29. The standard InChI is InChI=1S/C13H19OP/c1-5-10-8-13(14-15)11(6-2)7-12(10)9(3)4/h6-9H,2,5,15H2,1,3-4H3. The van der Waals surface area contributed by atoms with Gasteiger partial charge in [0, 0.05) is 5.56 Å². The highest BCUT2D eigenvalue weighted by molar-refractivity contribution is 7.10. The van der Waals surface area contributed by atoms with Gasteiger partial charge in [0.15, 0.2) is 0 Å². The molecule has 0 spiro atoms. The molecular weight excluding hydrogens is 203 g/mol. The van der Waals surface area contributed by atoms with Crippen LogP contribution in [0.4, 0.5) is 0 Å². The van der Waals surface area contributed by atoms with E-state index >= 15 is 0 Å². The van der Waals surface area contributed by atoms with Crippen LogP contribution in [0, 0.1) is 0 Å². The first kappa shape index (κ1) is 12.3. The van der Waals surface area contributed by atoms with E-state index in [2.05, 4.69) is 48.9 Å². The average Bonchev–Trinajstić information content (AvgIpc) is 2.26. The van der Waals surface area contributed by atoms with E-state index < -0.39 is 0 Å². The lowest BCUT2D eigenvalue weighted by Crippen LogP contribution is -1.97. The van der Waals surface area contributed by atoms with E-state index in [1.807, 2.05) is 6.08 Å². The minimum Gasteiger partial charge on any atom is -0.480 e. The molecule has 0 radical (unpaired) electrons. The van der Waals surface area contributed by atoms with Gasteiger partial charge in [0.2, 0.25) is 0 Å². The van der Waals surface area contributed by atoms with Crippen LogP contribution < -0.4 is 4.52 Å². The first-order chi connectivity index (χ1) is 7.13. The van der Waals surface area contributed by atoms with Crippen molar-refractivity contribution in [2.24, 2.45) is 0 Å². The Labute approximate surface area is 94.8 Å². The summed E-state index contributed by atoms with van der Waals surface area (Å²) in [4.78, 5) is 0. The van der Waals surface area contributed by atoms with Crippen LogP contribution in [0.1, 0.15) is 43.4 Å². The van der Waals surface area contributed by atoms with E-state index in [-0.39, 0.29) is 0 Å². The largest absolute Gasteiger partial charge is 0.480 e. The van der Waals surface area contributed by atoms with Crippen molar-refractivity contribution < 1.29 is 4.52 Å². The number of rotatable bonds is 4. The summed E-state index contributed by atoms with van der Waals surface area (Å²) in [6.07, 6.45) is 2.87. The molecule has 1 aromatic carbocycles. The second-order valence-electron chi connectivity index (χ2n) is 3.92. The van der Waals surface area contributed by atoms with Crippen molar-refractivity contribution in [1.29, 1.82) is 0 Å². The van der Waals surface area contributed by atoms with Gasteiger partial charge < -0.3 is 4.52 Å². The van der Waals surface area contributed by atoms with Crippen LogP contribution in [0.15, 0.2) is 18.7 Å². The Kier molecular flexibility index (Phi) is 4.35. The van der Waals surface area contributed by atoms with E-state index in [9.17, 15) is 0 Å². The predicted octanol–water partition coefficient (Wildman–Crippen LogP) is 4.18. The Bertz CT molecular complexity index is 356. The van der Waals surface area contributed by atoms with E-state index in [1.54, 1.807) is 0 Å². The topological polar surface area (TPSA) is 9.23 Å². The zero-order chi connectivity index (χ0) is 11.4. The Hall–Kier alpha value is -0.810. The number of benzene rings is 1. The molecule has 1 rings (SSSR count). The number of aryl methyl sites for hydroxylation is 1. The van der Waals surface area contributed by atoms with Gasteiger partial charge in [-0.05, 0) is 35.6 Å². The van der Waals surface area contributed by atoms with E-state index in [4.69, 9.17) is 4.52 Å². The van der Waals surface area contributed by atoms with Gasteiger partial charge >= 0.3 is 0 Å². The van der Waals surface area contributed by atoms with Crippen molar-refractivity contribution in [3.8, 4) is 5.75 Å². The maximum absolute atomic E-state index is 5.26. The molecule has 1 aromatic rings. The van der Waals surface area contributed by atoms with E-state index in [0.717, 1.165) is 17.7 Å². The molecule has 82 valence electrons. The summed E-state index contributed by atoms with van der Waals surface area (Å²) in [5.41, 5.74) is 3.80. The molecule has 1 unspecified atom stereocenters. The van der Waals surface area contributed by atoms with Crippen molar-refractivity contribution in [2.45, 2.75) is 33.1 Å². The van der Waals surface area contributed by atoms with Gasteiger partial charge in [0.25, 0.3) is 0 Å². The summed E-state index contributed by atoms with van der Waals surface area (Å²) >= 11 is 0. The monoisotopic (exact) mass is 222 g/mol. The first-order valence-corrected chi connectivity index (χ1v) is 5.77. The fourth-order valence-corrected chi connectivity index (χ4v) is 1.97. The molecule has 2 heteroatoms. The molecule has 0 aliphatic heterocycles. The second-order valence-corrected chi connectivity index (χ2v) is 4.15. The molecule has 15 heavy (non-hydrogen) atoms. The van der Waals surface area contributed by atoms with E-state index in [1.165, 1.54) is 11.1 Å². The second kappa shape index (κ2) is 5.32. The third kappa shape index (κ3) is 2.60. The van der Waals surface area contributed by atoms with Gasteiger partial charge in [-0.1, -0.05) is 33.4 Å². The summed E-state index contributed by atoms with van der Waals surface area (Å²) in [5, 5.41) is 0. The summed E-state index contributed by atoms with van der Waals surface area (Å²) in [5.74, 6) is 1.42. The van der Waals surface area contributed by atoms with Gasteiger partial charge in [-0.2, -0.15) is 0 Å². The molecule has 0 bridgehead atoms. The molecule has 0 saturated carbocycles. The quantitative estimate of drug-likeness (QED) is 0.694. The normalized spacial score (nSPS) is 10.5. The number of hydrogen-bond acceptors (Lipinski definition) is 1. The third-order valence-corrected chi connectivity index (χ3v) is 2.88. The summed E-state index contributed by atoms with van der Waals surface area (Å²) in [7, 11) is 2.29. The molecular formula is C13H19OP. The lowest BCUT2D eigenvalue weighted by molar-refractivity contribution is 0.641. The molecule has 1 atom stereocenters. The zero-order valence-corrected chi connectivity index (χ0v) is 10.9. The molecule has 0 amide bonds. The molecule has 0 N–H and O–H groups in total. The summed E-state index contributed by atoms with van der Waals surface area (Å²) in [6.45, 7) is 10.4. The minimum absolute atomic E-state index is 0.539.